The molecule has 0 fully saturated rings. The van der Waals surface area contributed by atoms with Crippen LogP contribution in [0.15, 0.2) is 66.7 Å². The van der Waals surface area contributed by atoms with Gasteiger partial charge in [-0.2, -0.15) is 0 Å². The lowest BCUT2D eigenvalue weighted by molar-refractivity contribution is 0.0994. The molecule has 3 aromatic carbocycles. The van der Waals surface area contributed by atoms with Crippen LogP contribution in [0.3, 0.4) is 0 Å². The zero-order chi connectivity index (χ0) is 28.0. The molecule has 0 radical (unpaired) electrons. The molecule has 0 spiro atoms. The van der Waals surface area contributed by atoms with E-state index in [4.69, 9.17) is 5.73 Å². The monoisotopic (exact) mass is 521 g/mol. The summed E-state index contributed by atoms with van der Waals surface area (Å²) in [6, 6.07) is 18.2. The molecular formula is C31H37F2N3O2. The van der Waals surface area contributed by atoms with Crippen LogP contribution in [0.25, 0.3) is 0 Å². The Balaban J connectivity index is 0.000000212. The molecular weight excluding hydrogens is 484 g/mol. The highest BCUT2D eigenvalue weighted by atomic mass is 19.1. The van der Waals surface area contributed by atoms with Crippen LogP contribution in [0.5, 0.6) is 0 Å². The van der Waals surface area contributed by atoms with Crippen LogP contribution in [-0.4, -0.2) is 35.3 Å². The van der Waals surface area contributed by atoms with Gasteiger partial charge in [0.1, 0.15) is 11.6 Å². The highest BCUT2D eigenvalue weighted by molar-refractivity contribution is 6.11. The zero-order valence-corrected chi connectivity index (χ0v) is 22.7. The summed E-state index contributed by atoms with van der Waals surface area (Å²) >= 11 is 0. The summed E-state index contributed by atoms with van der Waals surface area (Å²) in [4.78, 5) is 27.7. The van der Waals surface area contributed by atoms with Crippen LogP contribution in [0.1, 0.15) is 68.4 Å². The topological polar surface area (TPSA) is 66.6 Å². The molecule has 0 saturated heterocycles. The first-order chi connectivity index (χ1) is 18.0. The molecule has 2 N–H and O–H groups in total. The molecule has 2 amide bonds. The number of amides is 2. The molecule has 0 aliphatic carbocycles. The van der Waals surface area contributed by atoms with Crippen molar-refractivity contribution in [2.45, 2.75) is 65.5 Å². The third kappa shape index (κ3) is 6.84. The average molecular weight is 522 g/mol. The van der Waals surface area contributed by atoms with Crippen LogP contribution in [0, 0.1) is 11.6 Å². The third-order valence-electron chi connectivity index (χ3n) is 6.89. The van der Waals surface area contributed by atoms with Crippen LogP contribution in [0.2, 0.25) is 0 Å². The Bertz CT molecular complexity index is 1270. The van der Waals surface area contributed by atoms with Crippen molar-refractivity contribution in [1.29, 1.82) is 0 Å². The number of para-hydroxylation sites is 1. The number of nitrogens with two attached hydrogens (primary N) is 1. The summed E-state index contributed by atoms with van der Waals surface area (Å²) in [6.45, 7) is 12.0. The summed E-state index contributed by atoms with van der Waals surface area (Å²) in [7, 11) is 0. The Morgan fingerprint density at radius 1 is 0.921 bits per heavy atom. The van der Waals surface area contributed by atoms with Gasteiger partial charge in [-0.3, -0.25) is 14.6 Å². The Morgan fingerprint density at radius 3 is 2.18 bits per heavy atom. The second kappa shape index (κ2) is 12.8. The lowest BCUT2D eigenvalue weighted by atomic mass is 9.96. The molecule has 7 heteroatoms. The number of carbonyl (C=O) groups is 2. The second-order valence-corrected chi connectivity index (χ2v) is 10.2. The molecule has 0 unspecified atom stereocenters. The summed E-state index contributed by atoms with van der Waals surface area (Å²) < 4.78 is 27.0. The van der Waals surface area contributed by atoms with Crippen molar-refractivity contribution in [3.63, 3.8) is 0 Å². The average Bonchev–Trinajstić information content (AvgIpc) is 2.98. The van der Waals surface area contributed by atoms with Crippen molar-refractivity contribution in [3.05, 3.63) is 95.1 Å². The van der Waals surface area contributed by atoms with Gasteiger partial charge in [-0.25, -0.2) is 13.6 Å². The number of hydrogen-bond donors (Lipinski definition) is 1. The van der Waals surface area contributed by atoms with Gasteiger partial charge in [0.05, 0.1) is 11.4 Å². The molecule has 3 aromatic rings. The molecule has 1 atom stereocenters. The molecule has 0 saturated carbocycles. The molecule has 4 rings (SSSR count). The quantitative estimate of drug-likeness (QED) is 0.372. The van der Waals surface area contributed by atoms with Gasteiger partial charge in [0.15, 0.2) is 5.78 Å². The molecule has 1 aliphatic heterocycles. The van der Waals surface area contributed by atoms with E-state index in [0.717, 1.165) is 24.6 Å². The molecule has 1 aliphatic rings. The lowest BCUT2D eigenvalue weighted by Crippen LogP contribution is -2.38. The van der Waals surface area contributed by atoms with E-state index in [1.807, 2.05) is 12.1 Å². The van der Waals surface area contributed by atoms with Crippen LogP contribution in [0.4, 0.5) is 25.0 Å². The summed E-state index contributed by atoms with van der Waals surface area (Å²) in [5.74, 6) is -0.569. The minimum absolute atomic E-state index is 0.0781. The normalized spacial score (nSPS) is 13.5. The SMILES string of the molecule is CC(C)N(CC[C@H](C)c1ccccc1F)C(C)C.NC(=O)N1c2ccccc2CC(=O)c2cc(F)ccc21. The number of Topliss-reactive ketones (excluding diaryl/α,β-unsaturated/α-hetero) is 1. The fraction of sp³-hybridized carbons (Fsp3) is 0.355. The number of carbonyl (C=O) groups excluding carboxylic acids is 2. The highest BCUT2D eigenvalue weighted by Gasteiger charge is 2.28. The number of nitrogens with zero attached hydrogens (tertiary/aromatic N) is 2. The van der Waals surface area contributed by atoms with Gasteiger partial charge in [0.2, 0.25) is 0 Å². The Labute approximate surface area is 224 Å². The molecule has 0 bridgehead atoms. The van der Waals surface area contributed by atoms with E-state index in [-0.39, 0.29) is 29.5 Å². The van der Waals surface area contributed by atoms with Gasteiger partial charge in [-0.05, 0) is 88.0 Å². The number of ketones is 1. The van der Waals surface area contributed by atoms with Gasteiger partial charge in [-0.1, -0.05) is 43.3 Å². The van der Waals surface area contributed by atoms with Crippen LogP contribution >= 0.6 is 0 Å². The van der Waals surface area contributed by atoms with E-state index < -0.39 is 11.8 Å². The highest BCUT2D eigenvalue weighted by Crippen LogP contribution is 2.36. The molecule has 1 heterocycles. The van der Waals surface area contributed by atoms with Gasteiger partial charge >= 0.3 is 6.03 Å². The first-order valence-corrected chi connectivity index (χ1v) is 13.0. The van der Waals surface area contributed by atoms with Gasteiger partial charge in [0.25, 0.3) is 0 Å². The standard InChI is InChI=1S/C16H26FN.C15H11FN2O2/c1-12(2)18(13(3)4)11-10-14(5)15-8-6-7-9-16(15)17;16-10-5-6-13-11(8-10)14(19)7-9-3-1-2-4-12(9)18(13)15(17)20/h6-9,12-14H,10-11H2,1-5H3;1-6,8H,7H2,(H2,17,20)/t14-;/m0./s1. The van der Waals surface area contributed by atoms with Crippen molar-refractivity contribution < 1.29 is 18.4 Å². The van der Waals surface area contributed by atoms with Crippen LogP contribution in [-0.2, 0) is 6.42 Å². The van der Waals surface area contributed by atoms with Gasteiger partial charge in [-0.15, -0.1) is 0 Å². The van der Waals surface area contributed by atoms with E-state index in [2.05, 4.69) is 39.5 Å². The van der Waals surface area contributed by atoms with Crippen molar-refractivity contribution in [2.75, 3.05) is 11.4 Å². The first-order valence-electron chi connectivity index (χ1n) is 13.0. The zero-order valence-electron chi connectivity index (χ0n) is 22.7. The predicted octanol–water partition coefficient (Wildman–Crippen LogP) is 7.22. The minimum Gasteiger partial charge on any atom is -0.351 e. The van der Waals surface area contributed by atoms with E-state index >= 15 is 0 Å². The number of hydrogen-bond acceptors (Lipinski definition) is 3. The van der Waals surface area contributed by atoms with Gasteiger partial charge in [0, 0.05) is 24.1 Å². The number of primary amides is 1. The minimum atomic E-state index is -0.708. The third-order valence-corrected chi connectivity index (χ3v) is 6.89. The fourth-order valence-electron chi connectivity index (χ4n) is 4.93. The fourth-order valence-corrected chi connectivity index (χ4v) is 4.93. The van der Waals surface area contributed by atoms with Crippen molar-refractivity contribution >= 4 is 23.2 Å². The molecule has 0 aromatic heterocycles. The largest absolute Gasteiger partial charge is 0.351 e. The summed E-state index contributed by atoms with van der Waals surface area (Å²) in [5.41, 5.74) is 7.99. The molecule has 202 valence electrons. The number of fused-ring (bicyclic) bond motifs is 2. The Morgan fingerprint density at radius 2 is 1.55 bits per heavy atom. The Hall–Kier alpha value is -3.58. The predicted molar refractivity (Wildman–Crippen MR) is 149 cm³/mol. The number of halogens is 2. The number of benzene rings is 3. The summed E-state index contributed by atoms with van der Waals surface area (Å²) in [5, 5.41) is 0. The number of urea groups is 1. The maximum absolute atomic E-state index is 13.7. The second-order valence-electron chi connectivity index (χ2n) is 10.2. The van der Waals surface area contributed by atoms with Crippen LogP contribution < -0.4 is 10.6 Å². The van der Waals surface area contributed by atoms with E-state index in [9.17, 15) is 18.4 Å². The maximum atomic E-state index is 13.7. The van der Waals surface area contributed by atoms with Crippen molar-refractivity contribution in [2.24, 2.45) is 5.73 Å². The van der Waals surface area contributed by atoms with E-state index in [0.29, 0.717) is 29.0 Å². The number of rotatable bonds is 6. The smallest absolute Gasteiger partial charge is 0.323 e. The summed E-state index contributed by atoms with van der Waals surface area (Å²) in [6.07, 6.45) is 1.10. The first kappa shape index (κ1) is 29.0. The molecule has 5 nitrogen and oxygen atoms in total. The van der Waals surface area contributed by atoms with Gasteiger partial charge < -0.3 is 5.73 Å². The Kier molecular flexibility index (Phi) is 9.75. The van der Waals surface area contributed by atoms with E-state index in [1.54, 1.807) is 36.4 Å². The number of anilines is 2. The van der Waals surface area contributed by atoms with E-state index in [1.165, 1.54) is 17.0 Å². The maximum Gasteiger partial charge on any atom is 0.323 e. The van der Waals surface area contributed by atoms with Crippen molar-refractivity contribution in [1.82, 2.24) is 4.90 Å². The van der Waals surface area contributed by atoms with Crippen molar-refractivity contribution in [3.8, 4) is 0 Å². The lowest BCUT2D eigenvalue weighted by Gasteiger charge is -2.31. The molecule has 38 heavy (non-hydrogen) atoms.